The first-order chi connectivity index (χ1) is 65.0. The molecule has 19 rings (SSSR count). The fourth-order valence-electron chi connectivity index (χ4n) is 17.4. The fourth-order valence-corrected chi connectivity index (χ4v) is 37.7. The van der Waals surface area contributed by atoms with Crippen molar-refractivity contribution in [3.05, 3.63) is 248 Å². The molecular formula is C114H114S18. The lowest BCUT2D eigenvalue weighted by molar-refractivity contribution is 0.670. The Morgan fingerprint density at radius 3 is 0.485 bits per heavy atom. The fraction of sp³-hybridized carbons (Fsp3) is 0.316. The van der Waals surface area contributed by atoms with Crippen LogP contribution in [0, 0.1) is 0 Å². The SMILES string of the molecule is CCCCCCc1ccc(-c2cc(-c3ccc(-c4ccc(-c5ccc(-c6cc(-c7ccc(-c8ccc(-c9ccc(-c%10cc(-c%11ccc(CCCCCC)s%11)c(-c%11ccc(CCCCCC)s%11)s%10)s9)s8)s7)cc(-c7ccc(-c8ccc(-c9ccc(-c%10cc(-c%11ccc(CCCCCC)s%11)c(-c%11ccc(CCCCCC)s%11)s%10)s9)s8)s7)c6)s5)s4)s3)sc2-c2ccc(CCCCCC)s2)s1. The summed E-state index contributed by atoms with van der Waals surface area (Å²) in [6.07, 6.45) is 38.1. The van der Waals surface area contributed by atoms with Gasteiger partial charge in [-0.25, -0.2) is 0 Å². The molecule has 0 unspecified atom stereocenters. The van der Waals surface area contributed by atoms with Gasteiger partial charge in [-0.3, -0.25) is 0 Å². The quantitative estimate of drug-likeness (QED) is 0.0334. The molecule has 0 fully saturated rings. The minimum atomic E-state index is 1.18. The van der Waals surface area contributed by atoms with Crippen LogP contribution in [-0.2, 0) is 38.5 Å². The number of aryl methyl sites for hydroxylation is 6. The minimum absolute atomic E-state index is 1.18. The zero-order valence-electron chi connectivity index (χ0n) is 76.3. The molecule has 0 saturated heterocycles. The van der Waals surface area contributed by atoms with E-state index in [9.17, 15) is 0 Å². The summed E-state index contributed by atoms with van der Waals surface area (Å²) >= 11 is 35.5. The molecule has 678 valence electrons. The summed E-state index contributed by atoms with van der Waals surface area (Å²) in [4.78, 5) is 49.7. The van der Waals surface area contributed by atoms with Gasteiger partial charge in [0.25, 0.3) is 0 Å². The van der Waals surface area contributed by atoms with Gasteiger partial charge in [0.2, 0.25) is 0 Å². The van der Waals surface area contributed by atoms with Crippen molar-refractivity contribution in [2.75, 3.05) is 0 Å². The lowest BCUT2D eigenvalue weighted by Gasteiger charge is -2.07. The van der Waals surface area contributed by atoms with Crippen LogP contribution in [0.15, 0.2) is 218 Å². The Morgan fingerprint density at radius 1 is 0.129 bits per heavy atom. The number of hydrogen-bond acceptors (Lipinski definition) is 18. The van der Waals surface area contributed by atoms with E-state index in [-0.39, 0.29) is 0 Å². The molecule has 1 aromatic carbocycles. The summed E-state index contributed by atoms with van der Waals surface area (Å²) in [5.41, 5.74) is 7.99. The van der Waals surface area contributed by atoms with Crippen LogP contribution in [0.1, 0.15) is 225 Å². The van der Waals surface area contributed by atoms with Gasteiger partial charge in [-0.05, 0) is 312 Å². The molecular weight excluding hydrogens is 1950 g/mol. The zero-order chi connectivity index (χ0) is 89.6. The third-order valence-corrected chi connectivity index (χ3v) is 47.3. The Hall–Kier alpha value is -6.18. The minimum Gasteiger partial charge on any atom is -0.140 e. The van der Waals surface area contributed by atoms with Crippen LogP contribution in [0.5, 0.6) is 0 Å². The number of hydrogen-bond donors (Lipinski definition) is 0. The van der Waals surface area contributed by atoms with Crippen LogP contribution in [0.25, 0.3) is 180 Å². The van der Waals surface area contributed by atoms with Crippen molar-refractivity contribution < 1.29 is 0 Å². The van der Waals surface area contributed by atoms with Crippen molar-refractivity contribution in [2.45, 2.75) is 234 Å². The Bertz CT molecular complexity index is 6020. The number of thiophene rings is 18. The molecule has 0 amide bonds. The average molecular weight is 2060 g/mol. The van der Waals surface area contributed by atoms with Crippen LogP contribution in [0.3, 0.4) is 0 Å². The van der Waals surface area contributed by atoms with Gasteiger partial charge in [0.1, 0.15) is 0 Å². The maximum absolute atomic E-state index is 2.52. The molecule has 132 heavy (non-hydrogen) atoms. The molecule has 0 saturated carbocycles. The highest BCUT2D eigenvalue weighted by molar-refractivity contribution is 7.33. The van der Waals surface area contributed by atoms with E-state index in [1.54, 1.807) is 0 Å². The van der Waals surface area contributed by atoms with Crippen molar-refractivity contribution >= 4 is 204 Å². The van der Waals surface area contributed by atoms with Gasteiger partial charge in [0, 0.05) is 178 Å². The summed E-state index contributed by atoms with van der Waals surface area (Å²) in [6.45, 7) is 13.9. The van der Waals surface area contributed by atoms with Gasteiger partial charge < -0.3 is 0 Å². The van der Waals surface area contributed by atoms with Crippen LogP contribution in [-0.4, -0.2) is 0 Å². The summed E-state index contributed by atoms with van der Waals surface area (Å²) in [5, 5.41) is 0. The third-order valence-electron chi connectivity index (χ3n) is 24.7. The van der Waals surface area contributed by atoms with Crippen LogP contribution in [0.4, 0.5) is 0 Å². The van der Waals surface area contributed by atoms with E-state index in [1.807, 2.05) is 204 Å². The molecule has 0 N–H and O–H groups in total. The van der Waals surface area contributed by atoms with Crippen molar-refractivity contribution in [1.29, 1.82) is 0 Å². The molecule has 19 aromatic rings. The van der Waals surface area contributed by atoms with Gasteiger partial charge in [-0.2, -0.15) is 0 Å². The smallest absolute Gasteiger partial charge is 0.0536 e. The molecule has 0 nitrogen and oxygen atoms in total. The second-order valence-electron chi connectivity index (χ2n) is 34.8. The van der Waals surface area contributed by atoms with Gasteiger partial charge in [0.15, 0.2) is 0 Å². The largest absolute Gasteiger partial charge is 0.140 e. The highest BCUT2D eigenvalue weighted by Crippen LogP contribution is 2.57. The zero-order valence-corrected chi connectivity index (χ0v) is 91.0. The molecule has 0 aliphatic rings. The first-order valence-electron chi connectivity index (χ1n) is 48.1. The Kier molecular flexibility index (Phi) is 33.1. The number of rotatable bonds is 48. The molecule has 0 spiro atoms. The molecule has 0 aliphatic heterocycles. The first kappa shape index (κ1) is 94.8. The monoisotopic (exact) mass is 2060 g/mol. The predicted octanol–water partition coefficient (Wildman–Crippen LogP) is 45.5. The third kappa shape index (κ3) is 23.0. The van der Waals surface area contributed by atoms with E-state index in [2.05, 4.69) is 260 Å². The number of benzene rings is 1. The van der Waals surface area contributed by atoms with Crippen molar-refractivity contribution in [3.8, 4) is 180 Å². The maximum atomic E-state index is 2.52. The molecule has 18 heterocycles. The summed E-state index contributed by atoms with van der Waals surface area (Å²) in [7, 11) is 0. The van der Waals surface area contributed by atoms with E-state index in [4.69, 9.17) is 0 Å². The number of unbranched alkanes of at least 4 members (excludes halogenated alkanes) is 18. The van der Waals surface area contributed by atoms with E-state index < -0.39 is 0 Å². The van der Waals surface area contributed by atoms with Gasteiger partial charge in [-0.1, -0.05) is 157 Å². The molecule has 0 atom stereocenters. The Balaban J connectivity index is 0.603. The summed E-state index contributed by atoms with van der Waals surface area (Å²) in [5.74, 6) is 0. The maximum Gasteiger partial charge on any atom is 0.0536 e. The molecule has 18 aromatic heterocycles. The predicted molar refractivity (Wildman–Crippen MR) is 613 cm³/mol. The molecule has 0 bridgehead atoms. The van der Waals surface area contributed by atoms with E-state index >= 15 is 0 Å². The van der Waals surface area contributed by atoms with Crippen LogP contribution >= 0.6 is 204 Å². The van der Waals surface area contributed by atoms with E-state index in [0.29, 0.717) is 0 Å². The standard InChI is InChI=1S/C114H114S18/c1-7-13-19-25-31-76-37-43-88(115-76)82-70-109(130-112(82)106-46-40-79(118-106)34-28-22-16-10-4)103-64-61-100(127-103)97-58-55-94(124-97)91-52-49-85(121-91)73-67-74(86-50-53-92(122-86)95-56-59-98(125-95)101-62-65-104(128-101)110-71-83(89-44-38-77(116-89)32-26-20-14-8-2)113(131-110)107-47-41-80(119-107)35-29-23-17-11-5)69-75(68-73)87-51-54-93(123-87)96-57-60-99(126-96)102-63-66-105(129-102)111-72-84(90-45-39-78(117-90)33-27-21-15-9-3)114(132-111)108-48-42-81(120-108)36-30-24-18-12-6/h37-72H,7-36H2,1-6H3. The summed E-state index contributed by atoms with van der Waals surface area (Å²) in [6, 6.07) is 86.8. The lowest BCUT2D eigenvalue weighted by Crippen LogP contribution is -1.81. The lowest BCUT2D eigenvalue weighted by atomic mass is 10.0. The average Bonchev–Trinajstić information content (AvgIpc) is 1.63. The normalized spacial score (nSPS) is 11.9. The van der Waals surface area contributed by atoms with Crippen molar-refractivity contribution in [1.82, 2.24) is 0 Å². The van der Waals surface area contributed by atoms with Crippen molar-refractivity contribution in [2.24, 2.45) is 0 Å². The molecule has 0 aliphatic carbocycles. The summed E-state index contributed by atoms with van der Waals surface area (Å²) < 4.78 is 0. The molecule has 0 radical (unpaired) electrons. The van der Waals surface area contributed by atoms with Crippen molar-refractivity contribution in [3.63, 3.8) is 0 Å². The highest BCUT2D eigenvalue weighted by atomic mass is 32.2. The Morgan fingerprint density at radius 2 is 0.288 bits per heavy atom. The van der Waals surface area contributed by atoms with Crippen LogP contribution < -0.4 is 0 Å². The first-order valence-corrected chi connectivity index (χ1v) is 62.8. The second kappa shape index (κ2) is 46.1. The molecule has 18 heteroatoms. The van der Waals surface area contributed by atoms with Crippen LogP contribution in [0.2, 0.25) is 0 Å². The van der Waals surface area contributed by atoms with Gasteiger partial charge in [-0.15, -0.1) is 204 Å². The Labute approximate surface area is 855 Å². The van der Waals surface area contributed by atoms with Gasteiger partial charge >= 0.3 is 0 Å². The van der Waals surface area contributed by atoms with E-state index in [0.717, 1.165) is 0 Å². The van der Waals surface area contributed by atoms with Gasteiger partial charge in [0.05, 0.1) is 14.6 Å². The topological polar surface area (TPSA) is 0 Å². The van der Waals surface area contributed by atoms with E-state index in [1.165, 1.54) is 402 Å². The highest BCUT2D eigenvalue weighted by Gasteiger charge is 2.26. The second-order valence-corrected chi connectivity index (χ2v) is 54.7.